The van der Waals surface area contributed by atoms with Crippen molar-refractivity contribution >= 4 is 5.97 Å². The van der Waals surface area contributed by atoms with Gasteiger partial charge < -0.3 is 14.0 Å². The first kappa shape index (κ1) is 28.9. The van der Waals surface area contributed by atoms with Crippen LogP contribution in [0.25, 0.3) is 0 Å². The standard InChI is InChI=1S/C31H48NO3/c1-5-6-7-8-9-10-11-12-14-17-28-20-22-30(23-21-28)34-24-25-35-31(33)27(2)32(3,4)26-29-18-15-13-16-19-29/h13,15-16,18-23,27H,5-12,14,17,24-26H2,1-4H3/q+1. The normalized spacial score (nSPS) is 12.3. The molecule has 1 unspecified atom stereocenters. The van der Waals surface area contributed by atoms with Gasteiger partial charge in [-0.15, -0.1) is 0 Å². The Morgan fingerprint density at radius 2 is 1.37 bits per heavy atom. The minimum absolute atomic E-state index is 0.189. The number of nitrogens with zero attached hydrogens (tertiary/aromatic N) is 1. The van der Waals surface area contributed by atoms with E-state index in [9.17, 15) is 4.79 Å². The van der Waals surface area contributed by atoms with E-state index in [1.165, 1.54) is 68.9 Å². The van der Waals surface area contributed by atoms with Crippen molar-refractivity contribution in [2.45, 2.75) is 90.6 Å². The molecule has 0 aromatic heterocycles. The Balaban J connectivity index is 1.58. The number of carbonyl (C=O) groups is 1. The van der Waals surface area contributed by atoms with Crippen LogP contribution in [0.15, 0.2) is 54.6 Å². The Morgan fingerprint density at radius 3 is 2.00 bits per heavy atom. The minimum atomic E-state index is -0.254. The molecule has 35 heavy (non-hydrogen) atoms. The second-order valence-corrected chi connectivity index (χ2v) is 10.3. The molecule has 194 valence electrons. The molecule has 0 spiro atoms. The highest BCUT2D eigenvalue weighted by atomic mass is 16.6. The zero-order valence-corrected chi connectivity index (χ0v) is 22.6. The minimum Gasteiger partial charge on any atom is -0.490 e. The van der Waals surface area contributed by atoms with Crippen LogP contribution < -0.4 is 4.74 Å². The van der Waals surface area contributed by atoms with Gasteiger partial charge in [0.05, 0.1) is 14.1 Å². The number of hydrogen-bond donors (Lipinski definition) is 0. The van der Waals surface area contributed by atoms with E-state index in [2.05, 4.69) is 45.3 Å². The van der Waals surface area contributed by atoms with E-state index < -0.39 is 0 Å². The third kappa shape index (κ3) is 11.8. The van der Waals surface area contributed by atoms with Gasteiger partial charge in [0.1, 0.15) is 25.5 Å². The summed E-state index contributed by atoms with van der Waals surface area (Å²) in [5.74, 6) is 0.635. The molecule has 2 aromatic rings. The number of hydrogen-bond acceptors (Lipinski definition) is 3. The number of esters is 1. The molecule has 0 saturated heterocycles. The van der Waals surface area contributed by atoms with Crippen LogP contribution >= 0.6 is 0 Å². The monoisotopic (exact) mass is 482 g/mol. The van der Waals surface area contributed by atoms with Crippen LogP contribution in [0.2, 0.25) is 0 Å². The summed E-state index contributed by atoms with van der Waals surface area (Å²) in [6, 6.07) is 18.3. The summed E-state index contributed by atoms with van der Waals surface area (Å²) < 4.78 is 11.8. The maximum Gasteiger partial charge on any atom is 0.364 e. The molecule has 0 radical (unpaired) electrons. The molecule has 0 heterocycles. The third-order valence-corrected chi connectivity index (χ3v) is 6.91. The van der Waals surface area contributed by atoms with Gasteiger partial charge in [0.25, 0.3) is 0 Å². The van der Waals surface area contributed by atoms with Gasteiger partial charge in [0, 0.05) is 5.56 Å². The highest BCUT2D eigenvalue weighted by Crippen LogP contribution is 2.17. The van der Waals surface area contributed by atoms with E-state index in [-0.39, 0.29) is 18.6 Å². The molecule has 4 nitrogen and oxygen atoms in total. The fourth-order valence-corrected chi connectivity index (χ4v) is 4.29. The summed E-state index contributed by atoms with van der Waals surface area (Å²) in [4.78, 5) is 12.6. The van der Waals surface area contributed by atoms with Crippen LogP contribution in [-0.4, -0.2) is 43.8 Å². The van der Waals surface area contributed by atoms with Crippen LogP contribution in [0.3, 0.4) is 0 Å². The van der Waals surface area contributed by atoms with Gasteiger partial charge >= 0.3 is 5.97 Å². The summed E-state index contributed by atoms with van der Waals surface area (Å²) in [6.07, 6.45) is 13.3. The number of quaternary nitrogens is 1. The second-order valence-electron chi connectivity index (χ2n) is 10.3. The van der Waals surface area contributed by atoms with Crippen LogP contribution in [0.5, 0.6) is 5.75 Å². The molecule has 0 aliphatic heterocycles. The molecular weight excluding hydrogens is 434 g/mol. The Bertz CT molecular complexity index is 817. The zero-order chi connectivity index (χ0) is 25.4. The lowest BCUT2D eigenvalue weighted by Gasteiger charge is -2.34. The van der Waals surface area contributed by atoms with E-state index in [4.69, 9.17) is 9.47 Å². The van der Waals surface area contributed by atoms with Gasteiger partial charge in [-0.3, -0.25) is 0 Å². The third-order valence-electron chi connectivity index (χ3n) is 6.91. The number of rotatable bonds is 18. The fraction of sp³-hybridized carbons (Fsp3) is 0.581. The molecular formula is C31H48NO3+. The van der Waals surface area contributed by atoms with Crippen molar-refractivity contribution in [3.8, 4) is 5.75 Å². The molecule has 0 amide bonds. The van der Waals surface area contributed by atoms with Crippen molar-refractivity contribution in [2.75, 3.05) is 27.3 Å². The predicted molar refractivity (Wildman–Crippen MR) is 146 cm³/mol. The number of benzene rings is 2. The maximum atomic E-state index is 12.6. The SMILES string of the molecule is CCCCCCCCCCCc1ccc(OCCOC(=O)C(C)[N+](C)(C)Cc2ccccc2)cc1. The molecule has 4 heteroatoms. The van der Waals surface area contributed by atoms with E-state index in [0.29, 0.717) is 11.1 Å². The number of aryl methyl sites for hydroxylation is 1. The summed E-state index contributed by atoms with van der Waals surface area (Å²) in [5.41, 5.74) is 2.57. The molecule has 0 bridgehead atoms. The number of ether oxygens (including phenoxy) is 2. The lowest BCUT2D eigenvalue weighted by Crippen LogP contribution is -2.51. The highest BCUT2D eigenvalue weighted by Gasteiger charge is 2.32. The van der Waals surface area contributed by atoms with Crippen LogP contribution in [0.1, 0.15) is 82.8 Å². The molecule has 1 atom stereocenters. The van der Waals surface area contributed by atoms with Gasteiger partial charge in [-0.25, -0.2) is 4.79 Å². The lowest BCUT2D eigenvalue weighted by atomic mass is 10.0. The molecule has 2 rings (SSSR count). The smallest absolute Gasteiger partial charge is 0.364 e. The summed E-state index contributed by atoms with van der Waals surface area (Å²) in [5, 5.41) is 0. The summed E-state index contributed by atoms with van der Waals surface area (Å²) in [7, 11) is 4.12. The second kappa shape index (κ2) is 16.4. The van der Waals surface area contributed by atoms with Gasteiger partial charge in [-0.2, -0.15) is 0 Å². The average molecular weight is 483 g/mol. The van der Waals surface area contributed by atoms with Gasteiger partial charge in [-0.05, 0) is 37.5 Å². The summed E-state index contributed by atoms with van der Waals surface area (Å²) >= 11 is 0. The fourth-order valence-electron chi connectivity index (χ4n) is 4.29. The first-order chi connectivity index (χ1) is 16.9. The van der Waals surface area contributed by atoms with Crippen molar-refractivity contribution in [3.63, 3.8) is 0 Å². The van der Waals surface area contributed by atoms with Crippen molar-refractivity contribution in [1.29, 1.82) is 0 Å². The zero-order valence-electron chi connectivity index (χ0n) is 22.6. The Kier molecular flexibility index (Phi) is 13.5. The van der Waals surface area contributed by atoms with Gasteiger partial charge in [-0.1, -0.05) is 101 Å². The summed E-state index contributed by atoms with van der Waals surface area (Å²) in [6.45, 7) is 5.60. The van der Waals surface area contributed by atoms with Crippen LogP contribution in [0, 0.1) is 0 Å². The van der Waals surface area contributed by atoms with Crippen molar-refractivity contribution in [1.82, 2.24) is 0 Å². The van der Waals surface area contributed by atoms with Crippen molar-refractivity contribution in [2.24, 2.45) is 0 Å². The van der Waals surface area contributed by atoms with E-state index >= 15 is 0 Å². The Hall–Kier alpha value is -2.33. The molecule has 0 saturated carbocycles. The highest BCUT2D eigenvalue weighted by molar-refractivity contribution is 5.74. The average Bonchev–Trinajstić information content (AvgIpc) is 2.86. The Morgan fingerprint density at radius 1 is 0.771 bits per heavy atom. The predicted octanol–water partition coefficient (Wildman–Crippen LogP) is 7.35. The molecule has 0 aliphatic carbocycles. The molecule has 0 aliphatic rings. The van der Waals surface area contributed by atoms with Gasteiger partial charge in [0.2, 0.25) is 0 Å². The van der Waals surface area contributed by atoms with Crippen molar-refractivity contribution < 1.29 is 18.8 Å². The topological polar surface area (TPSA) is 35.5 Å². The van der Waals surface area contributed by atoms with Crippen LogP contribution in [-0.2, 0) is 22.5 Å². The first-order valence-corrected chi connectivity index (χ1v) is 13.7. The van der Waals surface area contributed by atoms with E-state index in [0.717, 1.165) is 18.7 Å². The number of likely N-dealkylation sites (N-methyl/N-ethyl adjacent to an activating group) is 1. The maximum absolute atomic E-state index is 12.6. The molecule has 0 fully saturated rings. The molecule has 2 aromatic carbocycles. The largest absolute Gasteiger partial charge is 0.490 e. The molecule has 0 N–H and O–H groups in total. The number of carbonyl (C=O) groups excluding carboxylic acids is 1. The van der Waals surface area contributed by atoms with E-state index in [1.807, 2.05) is 37.3 Å². The van der Waals surface area contributed by atoms with Gasteiger partial charge in [0.15, 0.2) is 6.04 Å². The van der Waals surface area contributed by atoms with E-state index in [1.54, 1.807) is 0 Å². The lowest BCUT2D eigenvalue weighted by molar-refractivity contribution is -0.917. The van der Waals surface area contributed by atoms with Crippen LogP contribution in [0.4, 0.5) is 0 Å². The Labute approximate surface area is 214 Å². The quantitative estimate of drug-likeness (QED) is 0.127. The first-order valence-electron chi connectivity index (χ1n) is 13.7. The number of unbranched alkanes of at least 4 members (excludes halogenated alkanes) is 8. The van der Waals surface area contributed by atoms with Crippen molar-refractivity contribution in [3.05, 3.63) is 65.7 Å².